The van der Waals surface area contributed by atoms with Gasteiger partial charge in [0, 0.05) is 23.9 Å². The summed E-state index contributed by atoms with van der Waals surface area (Å²) in [6, 6.07) is 10.0. The lowest BCUT2D eigenvalue weighted by Gasteiger charge is -2.05. The van der Waals surface area contributed by atoms with E-state index in [1.165, 1.54) is 12.3 Å². The van der Waals surface area contributed by atoms with Crippen molar-refractivity contribution >= 4 is 23.0 Å². The Morgan fingerprint density at radius 3 is 2.90 bits per heavy atom. The van der Waals surface area contributed by atoms with Gasteiger partial charge in [-0.2, -0.15) is 0 Å². The summed E-state index contributed by atoms with van der Waals surface area (Å²) in [5.41, 5.74) is 1.01. The monoisotopic (exact) mass is 280 g/mol. The fourth-order valence-corrected chi connectivity index (χ4v) is 2.08. The highest BCUT2D eigenvalue weighted by molar-refractivity contribution is 6.00. The van der Waals surface area contributed by atoms with Crippen molar-refractivity contribution in [3.8, 4) is 5.75 Å². The number of hydrogen-bond donors (Lipinski definition) is 1. The molecule has 104 valence electrons. The summed E-state index contributed by atoms with van der Waals surface area (Å²) in [4.78, 5) is 19.8. The molecule has 0 aliphatic heterocycles. The van der Waals surface area contributed by atoms with E-state index < -0.39 is 5.63 Å². The third-order valence-electron chi connectivity index (χ3n) is 3.11. The van der Waals surface area contributed by atoms with Crippen LogP contribution in [0.15, 0.2) is 56.8 Å². The first-order valence-electron chi connectivity index (χ1n) is 6.36. The van der Waals surface area contributed by atoms with Crippen molar-refractivity contribution in [2.24, 2.45) is 4.99 Å². The number of aliphatic imine (C=N–C) groups is 1. The molecule has 3 rings (SSSR count). The number of aromatic hydroxyl groups is 1. The predicted octanol–water partition coefficient (Wildman–Crippen LogP) is 2.95. The van der Waals surface area contributed by atoms with Crippen LogP contribution < -0.4 is 5.63 Å². The molecule has 0 amide bonds. The number of phenolic OH excluding ortho intramolecular Hbond substituents is 1. The van der Waals surface area contributed by atoms with Crippen LogP contribution >= 0.6 is 0 Å². The highest BCUT2D eigenvalue weighted by Gasteiger charge is 2.10. The summed E-state index contributed by atoms with van der Waals surface area (Å²) in [6.07, 6.45) is 3.07. The topological polar surface area (TPSA) is 75.7 Å². The van der Waals surface area contributed by atoms with Crippen molar-refractivity contribution in [3.05, 3.63) is 64.1 Å². The fraction of sp³-hybridized carbons (Fsp3) is 0.0625. The molecule has 0 saturated carbocycles. The molecule has 5 nitrogen and oxygen atoms in total. The van der Waals surface area contributed by atoms with Crippen LogP contribution in [0.25, 0.3) is 11.0 Å². The first-order chi connectivity index (χ1) is 10.1. The maximum Gasteiger partial charge on any atom is 0.336 e. The SMILES string of the molecule is Cc1cc(=O)oc2c(/C=N/c3ccccn3)c(O)ccc12. The smallest absolute Gasteiger partial charge is 0.336 e. The number of phenols is 1. The Morgan fingerprint density at radius 1 is 1.29 bits per heavy atom. The molecule has 0 aliphatic rings. The van der Waals surface area contributed by atoms with Gasteiger partial charge in [-0.15, -0.1) is 0 Å². The zero-order chi connectivity index (χ0) is 14.8. The molecule has 2 heterocycles. The Bertz CT molecular complexity index is 883. The second-order valence-corrected chi connectivity index (χ2v) is 4.57. The summed E-state index contributed by atoms with van der Waals surface area (Å²) in [5, 5.41) is 10.8. The normalized spacial score (nSPS) is 11.3. The Balaban J connectivity index is 2.20. The third-order valence-corrected chi connectivity index (χ3v) is 3.11. The molecule has 5 heteroatoms. The van der Waals surface area contributed by atoms with Gasteiger partial charge in [-0.1, -0.05) is 6.07 Å². The maximum absolute atomic E-state index is 11.5. The number of pyridine rings is 1. The molecule has 3 aromatic rings. The Labute approximate surface area is 120 Å². The van der Waals surface area contributed by atoms with E-state index in [1.807, 2.05) is 13.0 Å². The number of benzene rings is 1. The van der Waals surface area contributed by atoms with Crippen LogP contribution in [-0.2, 0) is 0 Å². The van der Waals surface area contributed by atoms with Crippen LogP contribution in [0.2, 0.25) is 0 Å². The van der Waals surface area contributed by atoms with E-state index in [0.29, 0.717) is 17.0 Å². The number of nitrogens with zero attached hydrogens (tertiary/aromatic N) is 2. The predicted molar refractivity (Wildman–Crippen MR) is 80.4 cm³/mol. The minimum atomic E-state index is -0.460. The average molecular weight is 280 g/mol. The van der Waals surface area contributed by atoms with Gasteiger partial charge in [0.05, 0.1) is 5.56 Å². The van der Waals surface area contributed by atoms with Crippen LogP contribution in [0.4, 0.5) is 5.82 Å². The molecule has 21 heavy (non-hydrogen) atoms. The van der Waals surface area contributed by atoms with Gasteiger partial charge in [-0.05, 0) is 36.8 Å². The van der Waals surface area contributed by atoms with Gasteiger partial charge in [-0.3, -0.25) is 0 Å². The van der Waals surface area contributed by atoms with Crippen LogP contribution in [0.1, 0.15) is 11.1 Å². The van der Waals surface area contributed by atoms with Crippen LogP contribution in [0.5, 0.6) is 5.75 Å². The van der Waals surface area contributed by atoms with Gasteiger partial charge >= 0.3 is 5.63 Å². The second kappa shape index (κ2) is 5.20. The molecule has 0 radical (unpaired) electrons. The number of aromatic nitrogens is 1. The first kappa shape index (κ1) is 13.1. The van der Waals surface area contributed by atoms with Crippen molar-refractivity contribution in [1.82, 2.24) is 4.98 Å². The van der Waals surface area contributed by atoms with Gasteiger partial charge in [0.1, 0.15) is 5.75 Å². The zero-order valence-electron chi connectivity index (χ0n) is 11.3. The molecule has 0 spiro atoms. The summed E-state index contributed by atoms with van der Waals surface area (Å²) < 4.78 is 5.22. The summed E-state index contributed by atoms with van der Waals surface area (Å²) in [7, 11) is 0. The van der Waals surface area contributed by atoms with Crippen LogP contribution in [0.3, 0.4) is 0 Å². The Morgan fingerprint density at radius 2 is 2.14 bits per heavy atom. The second-order valence-electron chi connectivity index (χ2n) is 4.57. The van der Waals surface area contributed by atoms with Crippen molar-refractivity contribution in [3.63, 3.8) is 0 Å². The molecule has 0 fully saturated rings. The summed E-state index contributed by atoms with van der Waals surface area (Å²) in [6.45, 7) is 1.82. The number of aryl methyl sites for hydroxylation is 1. The number of rotatable bonds is 2. The largest absolute Gasteiger partial charge is 0.507 e. The van der Waals surface area contributed by atoms with E-state index in [9.17, 15) is 9.90 Å². The lowest BCUT2D eigenvalue weighted by Crippen LogP contribution is -2.00. The number of fused-ring (bicyclic) bond motifs is 1. The van der Waals surface area contributed by atoms with Crippen molar-refractivity contribution in [1.29, 1.82) is 0 Å². The molecular formula is C16H12N2O3. The zero-order valence-corrected chi connectivity index (χ0v) is 11.3. The van der Waals surface area contributed by atoms with Crippen LogP contribution in [0, 0.1) is 6.92 Å². The Hall–Kier alpha value is -2.95. The molecular weight excluding hydrogens is 268 g/mol. The molecule has 0 aliphatic carbocycles. The minimum absolute atomic E-state index is 0.00377. The highest BCUT2D eigenvalue weighted by atomic mass is 16.4. The van der Waals surface area contributed by atoms with Gasteiger partial charge in [-0.25, -0.2) is 14.8 Å². The van der Waals surface area contributed by atoms with E-state index in [2.05, 4.69) is 9.98 Å². The number of hydrogen-bond acceptors (Lipinski definition) is 5. The summed E-state index contributed by atoms with van der Waals surface area (Å²) >= 11 is 0. The lowest BCUT2D eigenvalue weighted by molar-refractivity contribution is 0.472. The van der Waals surface area contributed by atoms with Gasteiger partial charge in [0.25, 0.3) is 0 Å². The van der Waals surface area contributed by atoms with E-state index in [-0.39, 0.29) is 5.75 Å². The van der Waals surface area contributed by atoms with E-state index in [4.69, 9.17) is 4.42 Å². The lowest BCUT2D eigenvalue weighted by atomic mass is 10.1. The molecule has 2 aromatic heterocycles. The van der Waals surface area contributed by atoms with Gasteiger partial charge < -0.3 is 9.52 Å². The van der Waals surface area contributed by atoms with Crippen molar-refractivity contribution < 1.29 is 9.52 Å². The fourth-order valence-electron chi connectivity index (χ4n) is 2.08. The molecule has 0 bridgehead atoms. The highest BCUT2D eigenvalue weighted by Crippen LogP contribution is 2.27. The van der Waals surface area contributed by atoms with Gasteiger partial charge in [0.15, 0.2) is 11.4 Å². The van der Waals surface area contributed by atoms with Crippen molar-refractivity contribution in [2.45, 2.75) is 6.92 Å². The van der Waals surface area contributed by atoms with Crippen LogP contribution in [-0.4, -0.2) is 16.3 Å². The quantitative estimate of drug-likeness (QED) is 0.578. The first-order valence-corrected chi connectivity index (χ1v) is 6.36. The standard InChI is InChI=1S/C16H12N2O3/c1-10-8-15(20)21-16-11(10)5-6-13(19)12(16)9-18-14-4-2-3-7-17-14/h2-9,19H,1H3/b18-9+. The minimum Gasteiger partial charge on any atom is -0.507 e. The Kier molecular flexibility index (Phi) is 3.23. The maximum atomic E-state index is 11.5. The third kappa shape index (κ3) is 2.53. The van der Waals surface area contributed by atoms with Gasteiger partial charge in [0.2, 0.25) is 0 Å². The molecule has 0 unspecified atom stereocenters. The molecule has 0 saturated heterocycles. The van der Waals surface area contributed by atoms with E-state index in [1.54, 1.807) is 30.5 Å². The summed E-state index contributed by atoms with van der Waals surface area (Å²) in [5.74, 6) is 0.500. The molecule has 0 atom stereocenters. The van der Waals surface area contributed by atoms with E-state index in [0.717, 1.165) is 10.9 Å². The van der Waals surface area contributed by atoms with Crippen molar-refractivity contribution in [2.75, 3.05) is 0 Å². The van der Waals surface area contributed by atoms with E-state index >= 15 is 0 Å². The molecule has 1 aromatic carbocycles. The molecule has 1 N–H and O–H groups in total. The average Bonchev–Trinajstić information content (AvgIpc) is 2.47.